The number of amides is 2. The number of carbonyl (C=O) groups excluding carboxylic acids is 2. The summed E-state index contributed by atoms with van der Waals surface area (Å²) in [4.78, 5) is 49.5. The molecule has 16 heteroatoms. The Hall–Kier alpha value is -3.63. The van der Waals surface area contributed by atoms with Crippen LogP contribution in [0.15, 0.2) is 40.7 Å². The number of carboxylic acid groups (broad SMARTS) is 2. The fraction of sp³-hybridized carbons (Fsp3) is 0.316. The molecule has 0 bridgehead atoms. The minimum Gasteiger partial charge on any atom is -0.508 e. The van der Waals surface area contributed by atoms with Crippen LogP contribution in [-0.2, 0) is 25.7 Å². The summed E-state index contributed by atoms with van der Waals surface area (Å²) in [5, 5.41) is 41.0. The van der Waals surface area contributed by atoms with Crippen molar-refractivity contribution in [3.05, 3.63) is 41.1 Å². The van der Waals surface area contributed by atoms with Crippen molar-refractivity contribution in [2.24, 2.45) is 5.73 Å². The Morgan fingerprint density at radius 1 is 1.26 bits per heavy atom. The Morgan fingerprint density at radius 2 is 1.97 bits per heavy atom. The van der Waals surface area contributed by atoms with Crippen molar-refractivity contribution in [3.8, 4) is 5.75 Å². The lowest BCUT2D eigenvalue weighted by molar-refractivity contribution is -0.150. The zero-order chi connectivity index (χ0) is 25.3. The Kier molecular flexibility index (Phi) is 6.95. The van der Waals surface area contributed by atoms with Gasteiger partial charge in [0.1, 0.15) is 35.4 Å². The van der Waals surface area contributed by atoms with E-state index < -0.39 is 47.8 Å². The quantitative estimate of drug-likeness (QED) is 0.198. The molecule has 1 fully saturated rings. The van der Waals surface area contributed by atoms with E-state index in [1.54, 1.807) is 0 Å². The van der Waals surface area contributed by atoms with Gasteiger partial charge in [0.05, 0.1) is 0 Å². The summed E-state index contributed by atoms with van der Waals surface area (Å²) < 4.78 is 1.07. The Balaban J connectivity index is 1.45. The number of rotatable bonds is 9. The number of carboxylic acids is 2. The molecule has 2 amide bonds. The number of aromatic hydroxyl groups is 1. The predicted octanol–water partition coefficient (Wildman–Crippen LogP) is -1.01. The van der Waals surface area contributed by atoms with Gasteiger partial charge in [-0.1, -0.05) is 23.9 Å². The van der Waals surface area contributed by atoms with Crippen LogP contribution < -0.4 is 11.1 Å². The molecule has 3 atom stereocenters. The minimum absolute atomic E-state index is 0.0186. The first-order valence-electron chi connectivity index (χ1n) is 10.0. The lowest BCUT2D eigenvalue weighted by atomic mass is 10.0. The second-order valence-corrected chi connectivity index (χ2v) is 9.57. The third-order valence-electron chi connectivity index (χ3n) is 5.24. The third-order valence-corrected chi connectivity index (χ3v) is 7.62. The summed E-state index contributed by atoms with van der Waals surface area (Å²) in [5.41, 5.74) is 6.66. The number of carbonyl (C=O) groups is 4. The average Bonchev–Trinajstić information content (AvgIpc) is 3.26. The van der Waals surface area contributed by atoms with Crippen molar-refractivity contribution < 1.29 is 34.5 Å². The lowest BCUT2D eigenvalue weighted by Gasteiger charge is -2.49. The van der Waals surface area contributed by atoms with Crippen LogP contribution in [-0.4, -0.2) is 87.1 Å². The number of phenolic OH excluding ortho intramolecular Hbond substituents is 1. The fourth-order valence-corrected chi connectivity index (χ4v) is 5.91. The second-order valence-electron chi connectivity index (χ2n) is 7.52. The zero-order valence-electron chi connectivity index (χ0n) is 17.8. The summed E-state index contributed by atoms with van der Waals surface area (Å²) in [5.74, 6) is -3.22. The van der Waals surface area contributed by atoms with Crippen LogP contribution >= 0.6 is 23.5 Å². The number of hydrogen-bond donors (Lipinski definition) is 5. The van der Waals surface area contributed by atoms with Gasteiger partial charge < -0.3 is 26.4 Å². The van der Waals surface area contributed by atoms with Crippen LogP contribution in [0.25, 0.3) is 0 Å². The number of β-lactam (4-membered cyclic amide) rings is 1. The van der Waals surface area contributed by atoms with E-state index in [9.17, 15) is 29.4 Å². The molecule has 14 nitrogen and oxygen atoms in total. The van der Waals surface area contributed by atoms with Gasteiger partial charge in [0, 0.05) is 11.5 Å². The Labute approximate surface area is 205 Å². The number of nitrogens with two attached hydrogens (primary N) is 1. The van der Waals surface area contributed by atoms with Gasteiger partial charge >= 0.3 is 11.9 Å². The summed E-state index contributed by atoms with van der Waals surface area (Å²) in [6.07, 6.45) is 0. The maximum atomic E-state index is 12.8. The number of hydrogen-bond acceptors (Lipinski definition) is 11. The Morgan fingerprint density at radius 3 is 2.63 bits per heavy atom. The molecule has 0 spiro atoms. The van der Waals surface area contributed by atoms with Crippen LogP contribution in [0.1, 0.15) is 11.6 Å². The van der Waals surface area contributed by atoms with E-state index in [4.69, 9.17) is 10.8 Å². The number of aromatic nitrogens is 4. The molecule has 3 heterocycles. The molecule has 2 unspecified atom stereocenters. The van der Waals surface area contributed by atoms with Gasteiger partial charge in [0.2, 0.25) is 11.1 Å². The molecule has 1 saturated heterocycles. The number of nitrogens with zero attached hydrogens (tertiary/aromatic N) is 5. The Bertz CT molecular complexity index is 1220. The number of thioether (sulfide) groups is 2. The highest BCUT2D eigenvalue weighted by molar-refractivity contribution is 8.01. The van der Waals surface area contributed by atoms with Gasteiger partial charge in [-0.25, -0.2) is 9.48 Å². The van der Waals surface area contributed by atoms with E-state index in [1.807, 2.05) is 0 Å². The van der Waals surface area contributed by atoms with Crippen LogP contribution in [0, 0.1) is 0 Å². The molecule has 2 aromatic rings. The van der Waals surface area contributed by atoms with Crippen LogP contribution in [0.4, 0.5) is 0 Å². The zero-order valence-corrected chi connectivity index (χ0v) is 19.4. The van der Waals surface area contributed by atoms with E-state index in [1.165, 1.54) is 36.0 Å². The average molecular weight is 522 g/mol. The maximum absolute atomic E-state index is 12.8. The summed E-state index contributed by atoms with van der Waals surface area (Å²) in [6.45, 7) is -0.449. The number of tetrazole rings is 1. The summed E-state index contributed by atoms with van der Waals surface area (Å²) in [7, 11) is 0. The molecule has 0 radical (unpaired) electrons. The molecule has 1 aromatic carbocycles. The van der Waals surface area contributed by atoms with Crippen LogP contribution in [0.5, 0.6) is 5.75 Å². The van der Waals surface area contributed by atoms with Crippen molar-refractivity contribution >= 4 is 47.3 Å². The molecular formula is C19H19N7O7S2. The van der Waals surface area contributed by atoms with Crippen molar-refractivity contribution in [2.45, 2.75) is 29.2 Å². The molecule has 4 rings (SSSR count). The third kappa shape index (κ3) is 4.94. The minimum atomic E-state index is -1.30. The number of fused-ring (bicyclic) bond motifs is 1. The van der Waals surface area contributed by atoms with Gasteiger partial charge in [-0.3, -0.25) is 19.3 Å². The van der Waals surface area contributed by atoms with Crippen molar-refractivity contribution in [3.63, 3.8) is 0 Å². The van der Waals surface area contributed by atoms with E-state index in [2.05, 4.69) is 20.8 Å². The molecule has 1 aromatic heterocycles. The van der Waals surface area contributed by atoms with E-state index in [-0.39, 0.29) is 28.1 Å². The van der Waals surface area contributed by atoms with Crippen LogP contribution in [0.3, 0.4) is 0 Å². The normalized spacial score (nSPS) is 20.1. The molecule has 0 saturated carbocycles. The van der Waals surface area contributed by atoms with E-state index in [0.29, 0.717) is 11.1 Å². The first kappa shape index (κ1) is 24.5. The first-order valence-corrected chi connectivity index (χ1v) is 12.1. The predicted molar refractivity (Wildman–Crippen MR) is 121 cm³/mol. The number of benzene rings is 1. The molecule has 6 N–H and O–H groups in total. The highest BCUT2D eigenvalue weighted by atomic mass is 32.2. The molecular weight excluding hydrogens is 502 g/mol. The SMILES string of the molecule is NC(C(=O)NC1C(=O)N2C(C(=O)O)=C(CSc3nnnn3CC(=O)O)CS[C@H]12)c1ccc(O)cc1. The fourth-order valence-electron chi connectivity index (χ4n) is 3.55. The number of nitrogens with one attached hydrogen (secondary N) is 1. The van der Waals surface area contributed by atoms with Gasteiger partial charge in [-0.2, -0.15) is 0 Å². The smallest absolute Gasteiger partial charge is 0.352 e. The molecule has 35 heavy (non-hydrogen) atoms. The standard InChI is InChI=1S/C19H19N7O7S2/c20-12(8-1-3-10(27)4-2-8)15(30)21-13-16(31)26-14(18(32)33)9(6-34-17(13)26)7-35-19-22-23-24-25(19)5-11(28)29/h1-4,12-13,17,27H,5-7,20H2,(H,21,30)(H,28,29)(H,32,33)/t12?,13?,17-/m1/s1. The molecule has 2 aliphatic rings. The highest BCUT2D eigenvalue weighted by Gasteiger charge is 2.54. The first-order chi connectivity index (χ1) is 16.7. The van der Waals surface area contributed by atoms with Crippen LogP contribution in [0.2, 0.25) is 0 Å². The molecule has 0 aliphatic carbocycles. The highest BCUT2D eigenvalue weighted by Crippen LogP contribution is 2.41. The summed E-state index contributed by atoms with van der Waals surface area (Å²) in [6, 6.07) is 3.74. The summed E-state index contributed by atoms with van der Waals surface area (Å²) >= 11 is 2.34. The van der Waals surface area contributed by atoms with Crippen molar-refractivity contribution in [1.82, 2.24) is 30.4 Å². The van der Waals surface area contributed by atoms with Gasteiger partial charge in [0.15, 0.2) is 0 Å². The number of phenols is 1. The second kappa shape index (κ2) is 9.93. The maximum Gasteiger partial charge on any atom is 0.352 e. The monoisotopic (exact) mass is 521 g/mol. The number of aliphatic carboxylic acids is 2. The van der Waals surface area contributed by atoms with E-state index >= 15 is 0 Å². The molecule has 184 valence electrons. The largest absolute Gasteiger partial charge is 0.508 e. The van der Waals surface area contributed by atoms with Gasteiger partial charge in [0.25, 0.3) is 5.91 Å². The van der Waals surface area contributed by atoms with Gasteiger partial charge in [-0.15, -0.1) is 16.9 Å². The van der Waals surface area contributed by atoms with Crippen molar-refractivity contribution in [2.75, 3.05) is 11.5 Å². The topological polar surface area (TPSA) is 214 Å². The lowest BCUT2D eigenvalue weighted by Crippen LogP contribution is -2.71. The van der Waals surface area contributed by atoms with E-state index in [0.717, 1.165) is 21.3 Å². The van der Waals surface area contributed by atoms with Crippen molar-refractivity contribution in [1.29, 1.82) is 0 Å². The van der Waals surface area contributed by atoms with Gasteiger partial charge in [-0.05, 0) is 33.7 Å². The molecule has 2 aliphatic heterocycles.